The fourth-order valence-electron chi connectivity index (χ4n) is 2.27. The Balaban J connectivity index is 2.32. The van der Waals surface area contributed by atoms with Crippen molar-refractivity contribution in [2.75, 3.05) is 16.9 Å². The van der Waals surface area contributed by atoms with Gasteiger partial charge in [-0.3, -0.25) is 4.79 Å². The van der Waals surface area contributed by atoms with Gasteiger partial charge in [0, 0.05) is 23.5 Å². The summed E-state index contributed by atoms with van der Waals surface area (Å²) in [6.45, 7) is 5.58. The van der Waals surface area contributed by atoms with Gasteiger partial charge in [-0.1, -0.05) is 13.8 Å². The van der Waals surface area contributed by atoms with Gasteiger partial charge < -0.3 is 25.7 Å². The van der Waals surface area contributed by atoms with Gasteiger partial charge >= 0.3 is 10.1 Å². The van der Waals surface area contributed by atoms with Crippen molar-refractivity contribution in [2.45, 2.75) is 33.4 Å². The molecule has 11 heteroatoms. The summed E-state index contributed by atoms with van der Waals surface area (Å²) in [5.41, 5.74) is 6.32. The number of hydrogen-bond acceptors (Lipinski definition) is 9. The number of benzene rings is 1. The van der Waals surface area contributed by atoms with E-state index < -0.39 is 22.6 Å². The van der Waals surface area contributed by atoms with Crippen molar-refractivity contribution in [3.05, 3.63) is 35.5 Å². The first-order valence-electron chi connectivity index (χ1n) is 8.83. The topological polar surface area (TPSA) is 157 Å². The second-order valence-corrected chi connectivity index (χ2v) is 8.47. The molecule has 0 saturated heterocycles. The molecule has 29 heavy (non-hydrogen) atoms. The predicted molar refractivity (Wildman–Crippen MR) is 110 cm³/mol. The molecule has 0 bridgehead atoms. The number of carbonyl (C=O) groups is 1. The average Bonchev–Trinajstić information content (AvgIpc) is 2.61. The number of carbonyl (C=O) groups excluding carboxylic acids is 1. The molecule has 0 aliphatic heterocycles. The van der Waals surface area contributed by atoms with Crippen LogP contribution in [0.1, 0.15) is 36.7 Å². The van der Waals surface area contributed by atoms with E-state index in [-0.39, 0.29) is 34.8 Å². The van der Waals surface area contributed by atoms with Crippen molar-refractivity contribution in [3.8, 4) is 5.75 Å². The molecule has 0 saturated carbocycles. The van der Waals surface area contributed by atoms with E-state index >= 15 is 0 Å². The Kier molecular flexibility index (Phi) is 6.98. The van der Waals surface area contributed by atoms with Crippen LogP contribution < -0.4 is 20.6 Å². The van der Waals surface area contributed by atoms with E-state index in [1.165, 1.54) is 18.3 Å². The molecule has 0 unspecified atom stereocenters. The molecule has 10 nitrogen and oxygen atoms in total. The summed E-state index contributed by atoms with van der Waals surface area (Å²) in [6.07, 6.45) is 2.24. The van der Waals surface area contributed by atoms with Crippen LogP contribution in [-0.2, 0) is 16.7 Å². The van der Waals surface area contributed by atoms with E-state index in [1.807, 2.05) is 20.8 Å². The van der Waals surface area contributed by atoms with Gasteiger partial charge in [0.25, 0.3) is 5.91 Å². The molecule has 1 aromatic carbocycles. The third-order valence-corrected chi connectivity index (χ3v) is 4.63. The molecular weight excluding hydrogens is 398 g/mol. The van der Waals surface area contributed by atoms with Gasteiger partial charge in [-0.2, -0.15) is 13.4 Å². The Morgan fingerprint density at radius 2 is 2.00 bits per heavy atom. The quantitative estimate of drug-likeness (QED) is 0.440. The van der Waals surface area contributed by atoms with Gasteiger partial charge in [0.05, 0.1) is 18.4 Å². The van der Waals surface area contributed by atoms with Crippen LogP contribution in [0.2, 0.25) is 0 Å². The lowest BCUT2D eigenvalue weighted by Gasteiger charge is -2.20. The van der Waals surface area contributed by atoms with Crippen molar-refractivity contribution in [1.82, 2.24) is 9.97 Å². The number of aliphatic hydroxyl groups is 1. The van der Waals surface area contributed by atoms with Crippen LogP contribution in [0, 0.1) is 5.92 Å². The molecule has 1 amide bonds. The summed E-state index contributed by atoms with van der Waals surface area (Å²) >= 11 is 0. The van der Waals surface area contributed by atoms with Gasteiger partial charge in [-0.05, 0) is 31.0 Å². The molecule has 1 atom stereocenters. The number of aromatic nitrogens is 2. The standard InChI is InChI=1S/C18H25N5O5S/c1-10(2)11(3)21-17-14(16(19)25)8-20-18(23-17)22-13-5-6-15(12(7-13)9-24)28-29(4,26)27/h5-8,10-11,24H,9H2,1-4H3,(H2,19,25)(H2,20,21,22,23)/t11-/m1/s1. The molecule has 158 valence electrons. The summed E-state index contributed by atoms with van der Waals surface area (Å²) in [7, 11) is -3.73. The first-order chi connectivity index (χ1) is 13.5. The van der Waals surface area contributed by atoms with E-state index in [0.717, 1.165) is 6.26 Å². The maximum absolute atomic E-state index is 11.7. The average molecular weight is 423 g/mol. The molecule has 1 aromatic heterocycles. The monoisotopic (exact) mass is 423 g/mol. The molecule has 1 heterocycles. The van der Waals surface area contributed by atoms with Gasteiger partial charge in [-0.25, -0.2) is 4.98 Å². The molecule has 0 fully saturated rings. The van der Waals surface area contributed by atoms with E-state index in [1.54, 1.807) is 6.07 Å². The number of nitrogens with two attached hydrogens (primary N) is 1. The van der Waals surface area contributed by atoms with Gasteiger partial charge in [0.15, 0.2) is 0 Å². The van der Waals surface area contributed by atoms with Crippen LogP contribution in [0.3, 0.4) is 0 Å². The smallest absolute Gasteiger partial charge is 0.306 e. The van der Waals surface area contributed by atoms with E-state index in [4.69, 9.17) is 9.92 Å². The van der Waals surface area contributed by atoms with E-state index in [0.29, 0.717) is 11.5 Å². The number of nitrogens with one attached hydrogen (secondary N) is 2. The SMILES string of the molecule is CC(C)[C@@H](C)Nc1nc(Nc2ccc(OS(C)(=O)=O)c(CO)c2)ncc1C(N)=O. The third kappa shape index (κ3) is 6.29. The van der Waals surface area contributed by atoms with Crippen LogP contribution in [0.5, 0.6) is 5.75 Å². The maximum Gasteiger partial charge on any atom is 0.306 e. The highest BCUT2D eigenvalue weighted by molar-refractivity contribution is 7.86. The zero-order chi connectivity index (χ0) is 21.8. The van der Waals surface area contributed by atoms with Gasteiger partial charge in [0.1, 0.15) is 11.6 Å². The van der Waals surface area contributed by atoms with Gasteiger partial charge in [-0.15, -0.1) is 0 Å². The number of aliphatic hydroxyl groups excluding tert-OH is 1. The predicted octanol–water partition coefficient (Wildman–Crippen LogP) is 1.61. The lowest BCUT2D eigenvalue weighted by Crippen LogP contribution is -2.25. The Bertz CT molecular complexity index is 994. The number of primary amides is 1. The zero-order valence-corrected chi connectivity index (χ0v) is 17.4. The molecule has 5 N–H and O–H groups in total. The summed E-state index contributed by atoms with van der Waals surface area (Å²) < 4.78 is 27.5. The van der Waals surface area contributed by atoms with Crippen LogP contribution in [0.4, 0.5) is 17.5 Å². The Morgan fingerprint density at radius 1 is 1.31 bits per heavy atom. The molecule has 2 aromatic rings. The normalized spacial score (nSPS) is 12.5. The van der Waals surface area contributed by atoms with Crippen molar-refractivity contribution >= 4 is 33.5 Å². The Hall–Kier alpha value is -2.92. The molecule has 0 aliphatic rings. The lowest BCUT2D eigenvalue weighted by atomic mass is 10.1. The van der Waals surface area contributed by atoms with Crippen LogP contribution in [0.25, 0.3) is 0 Å². The minimum Gasteiger partial charge on any atom is -0.392 e. The molecule has 0 aliphatic carbocycles. The van der Waals surface area contributed by atoms with Crippen LogP contribution in [0.15, 0.2) is 24.4 Å². The zero-order valence-electron chi connectivity index (χ0n) is 16.6. The summed E-state index contributed by atoms with van der Waals surface area (Å²) in [5.74, 6) is 0.153. The largest absolute Gasteiger partial charge is 0.392 e. The Labute approximate surface area is 169 Å². The number of hydrogen-bond donors (Lipinski definition) is 4. The highest BCUT2D eigenvalue weighted by atomic mass is 32.2. The minimum atomic E-state index is -3.73. The van der Waals surface area contributed by atoms with E-state index in [2.05, 4.69) is 20.6 Å². The fourth-order valence-corrected chi connectivity index (χ4v) is 2.76. The van der Waals surface area contributed by atoms with Gasteiger partial charge in [0.2, 0.25) is 5.95 Å². The maximum atomic E-state index is 11.7. The van der Waals surface area contributed by atoms with Crippen molar-refractivity contribution < 1.29 is 22.5 Å². The Morgan fingerprint density at radius 3 is 2.55 bits per heavy atom. The number of nitrogens with zero attached hydrogens (tertiary/aromatic N) is 2. The molecule has 2 rings (SSSR count). The first kappa shape index (κ1) is 22.4. The van der Waals surface area contributed by atoms with Crippen molar-refractivity contribution in [3.63, 3.8) is 0 Å². The lowest BCUT2D eigenvalue weighted by molar-refractivity contribution is 0.100. The molecular formula is C18H25N5O5S. The first-order valence-corrected chi connectivity index (χ1v) is 10.7. The second kappa shape index (κ2) is 9.05. The number of anilines is 3. The van der Waals surface area contributed by atoms with Crippen LogP contribution >= 0.6 is 0 Å². The summed E-state index contributed by atoms with van der Waals surface area (Å²) in [5, 5.41) is 15.6. The van der Waals surface area contributed by atoms with Crippen molar-refractivity contribution in [1.29, 1.82) is 0 Å². The van der Waals surface area contributed by atoms with Crippen molar-refractivity contribution in [2.24, 2.45) is 11.7 Å². The third-order valence-electron chi connectivity index (χ3n) is 4.15. The fraction of sp³-hybridized carbons (Fsp3) is 0.389. The summed E-state index contributed by atoms with van der Waals surface area (Å²) in [4.78, 5) is 20.1. The minimum absolute atomic E-state index is 0.0265. The highest BCUT2D eigenvalue weighted by Crippen LogP contribution is 2.26. The highest BCUT2D eigenvalue weighted by Gasteiger charge is 2.16. The molecule has 0 radical (unpaired) electrons. The summed E-state index contributed by atoms with van der Waals surface area (Å²) in [6, 6.07) is 4.50. The second-order valence-electron chi connectivity index (χ2n) is 6.89. The van der Waals surface area contributed by atoms with E-state index in [9.17, 15) is 18.3 Å². The van der Waals surface area contributed by atoms with Crippen LogP contribution in [-0.4, -0.2) is 41.7 Å². The number of rotatable bonds is 9. The molecule has 0 spiro atoms. The number of amides is 1.